The lowest BCUT2D eigenvalue weighted by molar-refractivity contribution is -0.113. The van der Waals surface area contributed by atoms with Crippen LogP contribution < -0.4 is 5.32 Å². The van der Waals surface area contributed by atoms with E-state index in [4.69, 9.17) is 0 Å². The summed E-state index contributed by atoms with van der Waals surface area (Å²) in [5.74, 6) is 0.939. The van der Waals surface area contributed by atoms with Crippen molar-refractivity contribution >= 4 is 34.5 Å². The van der Waals surface area contributed by atoms with Gasteiger partial charge in [-0.3, -0.25) is 9.48 Å². The molecular weight excluding hydrogens is 334 g/mol. The van der Waals surface area contributed by atoms with Gasteiger partial charge in [-0.15, -0.1) is 0 Å². The number of amides is 1. The summed E-state index contributed by atoms with van der Waals surface area (Å²) >= 11 is 1.43. The van der Waals surface area contributed by atoms with Crippen molar-refractivity contribution in [2.24, 2.45) is 14.1 Å². The van der Waals surface area contributed by atoms with Gasteiger partial charge in [0.05, 0.1) is 22.5 Å². The van der Waals surface area contributed by atoms with Crippen molar-refractivity contribution in [1.82, 2.24) is 19.3 Å². The summed E-state index contributed by atoms with van der Waals surface area (Å²) in [6, 6.07) is 9.88. The van der Waals surface area contributed by atoms with E-state index in [1.54, 1.807) is 4.68 Å². The number of nitrogens with zero attached hydrogens (tertiary/aromatic N) is 4. The maximum Gasteiger partial charge on any atom is 0.235 e. The molecule has 0 atom stereocenters. The molecule has 3 rings (SSSR count). The number of hydrogen-bond donors (Lipinski definition) is 1. The molecule has 3 aromatic rings. The molecule has 25 heavy (non-hydrogen) atoms. The van der Waals surface area contributed by atoms with Crippen molar-refractivity contribution in [3.8, 4) is 0 Å². The van der Waals surface area contributed by atoms with Crippen LogP contribution in [0.2, 0.25) is 0 Å². The average Bonchev–Trinajstić information content (AvgIpc) is 3.07. The van der Waals surface area contributed by atoms with Crippen LogP contribution in [0.5, 0.6) is 0 Å². The van der Waals surface area contributed by atoms with Gasteiger partial charge in [0.15, 0.2) is 5.16 Å². The number of anilines is 1. The normalized spacial score (nSPS) is 11.9. The van der Waals surface area contributed by atoms with Crippen molar-refractivity contribution in [2.75, 3.05) is 11.1 Å². The molecule has 0 bridgehead atoms. The number of rotatable bonds is 4. The fourth-order valence-corrected chi connectivity index (χ4v) is 3.30. The number of carbonyl (C=O) groups excluding carboxylic acids is 1. The van der Waals surface area contributed by atoms with Gasteiger partial charge in [-0.25, -0.2) is 4.98 Å². The van der Waals surface area contributed by atoms with E-state index in [1.807, 2.05) is 49.0 Å². The smallest absolute Gasteiger partial charge is 0.235 e. The number of nitrogens with one attached hydrogen (secondary N) is 1. The molecule has 7 heteroatoms. The molecule has 0 spiro atoms. The molecule has 0 unspecified atom stereocenters. The van der Waals surface area contributed by atoms with Crippen LogP contribution in [0.15, 0.2) is 35.5 Å². The zero-order chi connectivity index (χ0) is 18.2. The van der Waals surface area contributed by atoms with E-state index >= 15 is 0 Å². The molecular formula is C18H23N5OS. The van der Waals surface area contributed by atoms with Gasteiger partial charge < -0.3 is 9.88 Å². The maximum absolute atomic E-state index is 12.3. The van der Waals surface area contributed by atoms with Crippen molar-refractivity contribution < 1.29 is 4.79 Å². The van der Waals surface area contributed by atoms with E-state index in [9.17, 15) is 4.79 Å². The number of imidazole rings is 1. The average molecular weight is 357 g/mol. The topological polar surface area (TPSA) is 64.7 Å². The van der Waals surface area contributed by atoms with E-state index in [2.05, 4.69) is 36.2 Å². The van der Waals surface area contributed by atoms with E-state index in [0.29, 0.717) is 11.6 Å². The Morgan fingerprint density at radius 1 is 1.24 bits per heavy atom. The number of hydrogen-bond acceptors (Lipinski definition) is 4. The zero-order valence-electron chi connectivity index (χ0n) is 15.2. The summed E-state index contributed by atoms with van der Waals surface area (Å²) in [5, 5.41) is 8.23. The Kier molecular flexibility index (Phi) is 4.60. The summed E-state index contributed by atoms with van der Waals surface area (Å²) < 4.78 is 3.72. The summed E-state index contributed by atoms with van der Waals surface area (Å²) in [5.41, 5.74) is 2.90. The van der Waals surface area contributed by atoms with Crippen LogP contribution in [-0.2, 0) is 24.3 Å². The molecule has 1 N–H and O–H groups in total. The Labute approximate surface area is 151 Å². The summed E-state index contributed by atoms with van der Waals surface area (Å²) in [7, 11) is 3.80. The van der Waals surface area contributed by atoms with Gasteiger partial charge in [0.1, 0.15) is 5.82 Å². The Balaban J connectivity index is 1.67. The number of thioether (sulfide) groups is 1. The van der Waals surface area contributed by atoms with Gasteiger partial charge >= 0.3 is 0 Å². The predicted octanol–water partition coefficient (Wildman–Crippen LogP) is 3.34. The van der Waals surface area contributed by atoms with Crippen LogP contribution in [0.4, 0.5) is 5.82 Å². The monoisotopic (exact) mass is 357 g/mol. The fraction of sp³-hybridized carbons (Fsp3) is 0.389. The first-order valence-corrected chi connectivity index (χ1v) is 9.13. The number of fused-ring (bicyclic) bond motifs is 1. The number of aryl methyl sites for hydroxylation is 2. The maximum atomic E-state index is 12.3. The second-order valence-corrected chi connectivity index (χ2v) is 8.01. The number of benzene rings is 1. The van der Waals surface area contributed by atoms with Crippen LogP contribution in [-0.4, -0.2) is 31.0 Å². The van der Waals surface area contributed by atoms with Gasteiger partial charge in [-0.05, 0) is 12.1 Å². The van der Waals surface area contributed by atoms with E-state index in [0.717, 1.165) is 21.9 Å². The molecule has 0 fully saturated rings. The molecule has 0 saturated carbocycles. The standard InChI is InChI=1S/C18H23N5OS/c1-18(2,3)14-10-15(23(5)21-14)20-16(24)11-25-17-19-12-8-6-7-9-13(12)22(17)4/h6-10H,11H2,1-5H3,(H,20,24). The molecule has 0 aliphatic rings. The van der Waals surface area contributed by atoms with Crippen LogP contribution >= 0.6 is 11.8 Å². The lowest BCUT2D eigenvalue weighted by Gasteiger charge is -2.13. The van der Waals surface area contributed by atoms with E-state index < -0.39 is 0 Å². The van der Waals surface area contributed by atoms with Crippen LogP contribution in [0.25, 0.3) is 11.0 Å². The predicted molar refractivity (Wildman–Crippen MR) is 102 cm³/mol. The Hall–Kier alpha value is -2.28. The molecule has 0 aliphatic heterocycles. The van der Waals surface area contributed by atoms with Crippen LogP contribution in [0.1, 0.15) is 26.5 Å². The van der Waals surface area contributed by atoms with Crippen molar-refractivity contribution in [3.63, 3.8) is 0 Å². The van der Waals surface area contributed by atoms with Gasteiger partial charge in [0, 0.05) is 25.6 Å². The Morgan fingerprint density at radius 3 is 2.60 bits per heavy atom. The summed E-state index contributed by atoms with van der Waals surface area (Å²) in [6.07, 6.45) is 0. The molecule has 0 aliphatic carbocycles. The van der Waals surface area contributed by atoms with Crippen molar-refractivity contribution in [1.29, 1.82) is 0 Å². The Morgan fingerprint density at radius 2 is 1.96 bits per heavy atom. The first-order valence-electron chi connectivity index (χ1n) is 8.14. The molecule has 2 aromatic heterocycles. The third-order valence-corrected chi connectivity index (χ3v) is 5.02. The quantitative estimate of drug-likeness (QED) is 0.728. The minimum atomic E-state index is -0.0690. The molecule has 6 nitrogen and oxygen atoms in total. The van der Waals surface area contributed by atoms with Gasteiger partial charge in [0.25, 0.3) is 0 Å². The molecule has 1 aromatic carbocycles. The minimum absolute atomic E-state index is 0.0530. The first-order chi connectivity index (χ1) is 11.8. The second-order valence-electron chi connectivity index (χ2n) is 7.07. The first kappa shape index (κ1) is 17.5. The number of para-hydroxylation sites is 2. The zero-order valence-corrected chi connectivity index (χ0v) is 16.0. The SMILES string of the molecule is Cn1nc(C(C)(C)C)cc1NC(=O)CSc1nc2ccccc2n1C. The van der Waals surface area contributed by atoms with E-state index in [-0.39, 0.29) is 11.3 Å². The summed E-state index contributed by atoms with van der Waals surface area (Å²) in [4.78, 5) is 16.9. The minimum Gasteiger partial charge on any atom is -0.322 e. The van der Waals surface area contributed by atoms with Gasteiger partial charge in [0.2, 0.25) is 5.91 Å². The van der Waals surface area contributed by atoms with Crippen LogP contribution in [0, 0.1) is 0 Å². The lowest BCUT2D eigenvalue weighted by atomic mass is 9.92. The molecule has 1 amide bonds. The molecule has 0 saturated heterocycles. The Bertz CT molecular complexity index is 919. The fourth-order valence-electron chi connectivity index (χ4n) is 2.51. The van der Waals surface area contributed by atoms with Crippen LogP contribution in [0.3, 0.4) is 0 Å². The highest BCUT2D eigenvalue weighted by molar-refractivity contribution is 7.99. The number of aromatic nitrogens is 4. The number of carbonyl (C=O) groups is 1. The molecule has 0 radical (unpaired) electrons. The highest BCUT2D eigenvalue weighted by atomic mass is 32.2. The second kappa shape index (κ2) is 6.55. The highest BCUT2D eigenvalue weighted by Gasteiger charge is 2.20. The third kappa shape index (κ3) is 3.71. The summed E-state index contributed by atoms with van der Waals surface area (Å²) in [6.45, 7) is 6.30. The van der Waals surface area contributed by atoms with Crippen molar-refractivity contribution in [2.45, 2.75) is 31.3 Å². The lowest BCUT2D eigenvalue weighted by Crippen LogP contribution is -2.16. The van der Waals surface area contributed by atoms with Crippen molar-refractivity contribution in [3.05, 3.63) is 36.0 Å². The van der Waals surface area contributed by atoms with E-state index in [1.165, 1.54) is 11.8 Å². The largest absolute Gasteiger partial charge is 0.322 e. The third-order valence-electron chi connectivity index (χ3n) is 3.99. The highest BCUT2D eigenvalue weighted by Crippen LogP contribution is 2.25. The van der Waals surface area contributed by atoms with Gasteiger partial charge in [-0.1, -0.05) is 44.7 Å². The van der Waals surface area contributed by atoms with Gasteiger partial charge in [-0.2, -0.15) is 5.10 Å². The molecule has 2 heterocycles. The molecule has 132 valence electrons.